The third-order valence-electron chi connectivity index (χ3n) is 3.52. The molecular weight excluding hydrogens is 214 g/mol. The minimum atomic E-state index is 0.237. The standard InChI is InChI=1S/C13H29N3O/c1-4-5-14-13(11-17)10-15-6-8-16(9-7-15)12(2)3/h12-14,17H,4-11H2,1-3H3. The number of nitrogens with zero attached hydrogens (tertiary/aromatic N) is 2. The van der Waals surface area contributed by atoms with Crippen molar-refractivity contribution in [1.82, 2.24) is 15.1 Å². The monoisotopic (exact) mass is 243 g/mol. The van der Waals surface area contributed by atoms with Crippen LogP contribution in [-0.2, 0) is 0 Å². The predicted molar refractivity (Wildman–Crippen MR) is 72.3 cm³/mol. The van der Waals surface area contributed by atoms with E-state index in [1.165, 1.54) is 0 Å². The number of hydrogen-bond donors (Lipinski definition) is 2. The van der Waals surface area contributed by atoms with Gasteiger partial charge < -0.3 is 10.4 Å². The van der Waals surface area contributed by atoms with Gasteiger partial charge in [0.2, 0.25) is 0 Å². The molecule has 4 heteroatoms. The molecule has 0 bridgehead atoms. The number of aliphatic hydroxyl groups excluding tert-OH is 1. The molecule has 1 aliphatic rings. The Labute approximate surface area is 106 Å². The van der Waals surface area contributed by atoms with Crippen LogP contribution in [0.2, 0.25) is 0 Å². The Balaban J connectivity index is 2.23. The first-order chi connectivity index (χ1) is 8.17. The zero-order chi connectivity index (χ0) is 12.7. The van der Waals surface area contributed by atoms with Crippen molar-refractivity contribution in [2.24, 2.45) is 0 Å². The highest BCUT2D eigenvalue weighted by molar-refractivity contribution is 4.78. The lowest BCUT2D eigenvalue weighted by atomic mass is 10.2. The average Bonchev–Trinajstić information content (AvgIpc) is 2.35. The predicted octanol–water partition coefficient (Wildman–Crippen LogP) is 0.373. The van der Waals surface area contributed by atoms with Gasteiger partial charge >= 0.3 is 0 Å². The highest BCUT2D eigenvalue weighted by Crippen LogP contribution is 2.06. The molecule has 1 aliphatic heterocycles. The first-order valence-corrected chi connectivity index (χ1v) is 6.98. The second-order valence-electron chi connectivity index (χ2n) is 5.26. The molecule has 0 amide bonds. The third kappa shape index (κ3) is 5.34. The molecule has 1 fully saturated rings. The smallest absolute Gasteiger partial charge is 0.0597 e. The van der Waals surface area contributed by atoms with Crippen molar-refractivity contribution in [1.29, 1.82) is 0 Å². The van der Waals surface area contributed by atoms with E-state index in [9.17, 15) is 5.11 Å². The molecule has 102 valence electrons. The van der Waals surface area contributed by atoms with Gasteiger partial charge in [0.15, 0.2) is 0 Å². The number of hydrogen-bond acceptors (Lipinski definition) is 4. The summed E-state index contributed by atoms with van der Waals surface area (Å²) in [6.07, 6.45) is 1.12. The van der Waals surface area contributed by atoms with E-state index in [4.69, 9.17) is 0 Å². The topological polar surface area (TPSA) is 38.7 Å². The van der Waals surface area contributed by atoms with Crippen LogP contribution in [0.3, 0.4) is 0 Å². The molecule has 4 nitrogen and oxygen atoms in total. The van der Waals surface area contributed by atoms with Gasteiger partial charge in [-0.1, -0.05) is 6.92 Å². The Morgan fingerprint density at radius 1 is 1.18 bits per heavy atom. The molecule has 2 N–H and O–H groups in total. The van der Waals surface area contributed by atoms with Crippen LogP contribution >= 0.6 is 0 Å². The highest BCUT2D eigenvalue weighted by atomic mass is 16.3. The lowest BCUT2D eigenvalue weighted by molar-refractivity contribution is 0.0922. The normalized spacial score (nSPS) is 21.0. The Bertz CT molecular complexity index is 191. The van der Waals surface area contributed by atoms with Crippen LogP contribution in [0.15, 0.2) is 0 Å². The van der Waals surface area contributed by atoms with Crippen LogP contribution in [0.5, 0.6) is 0 Å². The summed E-state index contributed by atoms with van der Waals surface area (Å²) >= 11 is 0. The van der Waals surface area contributed by atoms with E-state index in [0.717, 1.165) is 45.7 Å². The Morgan fingerprint density at radius 2 is 1.82 bits per heavy atom. The molecule has 0 aromatic carbocycles. The van der Waals surface area contributed by atoms with Crippen molar-refractivity contribution in [2.75, 3.05) is 45.9 Å². The number of piperazine rings is 1. The molecule has 0 aromatic rings. The summed E-state index contributed by atoms with van der Waals surface area (Å²) in [4.78, 5) is 4.98. The second kappa shape index (κ2) is 8.03. The van der Waals surface area contributed by atoms with Crippen molar-refractivity contribution < 1.29 is 5.11 Å². The molecule has 1 unspecified atom stereocenters. The molecule has 0 aromatic heterocycles. The second-order valence-corrected chi connectivity index (χ2v) is 5.26. The quantitative estimate of drug-likeness (QED) is 0.678. The lowest BCUT2D eigenvalue weighted by Gasteiger charge is -2.38. The Kier molecular flexibility index (Phi) is 7.04. The van der Waals surface area contributed by atoms with Crippen molar-refractivity contribution in [3.63, 3.8) is 0 Å². The Morgan fingerprint density at radius 3 is 2.29 bits per heavy atom. The van der Waals surface area contributed by atoms with Gasteiger partial charge in [-0.2, -0.15) is 0 Å². The minimum Gasteiger partial charge on any atom is -0.395 e. The molecule has 0 spiro atoms. The van der Waals surface area contributed by atoms with E-state index < -0.39 is 0 Å². The van der Waals surface area contributed by atoms with Crippen LogP contribution in [-0.4, -0.2) is 72.9 Å². The van der Waals surface area contributed by atoms with E-state index in [2.05, 4.69) is 35.9 Å². The summed E-state index contributed by atoms with van der Waals surface area (Å²) in [5, 5.41) is 12.7. The molecule has 17 heavy (non-hydrogen) atoms. The van der Waals surface area contributed by atoms with Gasteiger partial charge in [-0.15, -0.1) is 0 Å². The SMILES string of the molecule is CCCNC(CO)CN1CCN(C(C)C)CC1. The van der Waals surface area contributed by atoms with Crippen LogP contribution in [0.1, 0.15) is 27.2 Å². The third-order valence-corrected chi connectivity index (χ3v) is 3.52. The summed E-state index contributed by atoms with van der Waals surface area (Å²) in [6, 6.07) is 0.893. The number of aliphatic hydroxyl groups is 1. The lowest BCUT2D eigenvalue weighted by Crippen LogP contribution is -2.53. The fourth-order valence-electron chi connectivity index (χ4n) is 2.31. The highest BCUT2D eigenvalue weighted by Gasteiger charge is 2.20. The fourth-order valence-corrected chi connectivity index (χ4v) is 2.31. The summed E-state index contributed by atoms with van der Waals surface area (Å²) in [6.45, 7) is 13.5. The summed E-state index contributed by atoms with van der Waals surface area (Å²) in [5.74, 6) is 0. The van der Waals surface area contributed by atoms with Crippen LogP contribution in [0.4, 0.5) is 0 Å². The molecule has 1 rings (SSSR count). The maximum atomic E-state index is 9.32. The van der Waals surface area contributed by atoms with Crippen molar-refractivity contribution >= 4 is 0 Å². The molecular formula is C13H29N3O. The number of rotatable bonds is 7. The zero-order valence-electron chi connectivity index (χ0n) is 11.7. The molecule has 1 heterocycles. The first kappa shape index (κ1) is 14.9. The first-order valence-electron chi connectivity index (χ1n) is 6.98. The number of nitrogens with one attached hydrogen (secondary N) is 1. The van der Waals surface area contributed by atoms with Gasteiger partial charge in [-0.3, -0.25) is 9.80 Å². The van der Waals surface area contributed by atoms with Crippen molar-refractivity contribution in [3.05, 3.63) is 0 Å². The molecule has 0 saturated carbocycles. The van der Waals surface area contributed by atoms with Crippen molar-refractivity contribution in [2.45, 2.75) is 39.3 Å². The maximum absolute atomic E-state index is 9.32. The van der Waals surface area contributed by atoms with E-state index in [-0.39, 0.29) is 12.6 Å². The fraction of sp³-hybridized carbons (Fsp3) is 1.00. The molecule has 0 aliphatic carbocycles. The van der Waals surface area contributed by atoms with Gasteiger partial charge in [-0.05, 0) is 26.8 Å². The average molecular weight is 243 g/mol. The van der Waals surface area contributed by atoms with Gasteiger partial charge in [0.05, 0.1) is 6.61 Å². The van der Waals surface area contributed by atoms with Gasteiger partial charge in [0.25, 0.3) is 0 Å². The van der Waals surface area contributed by atoms with Crippen molar-refractivity contribution in [3.8, 4) is 0 Å². The van der Waals surface area contributed by atoms with Gasteiger partial charge in [-0.25, -0.2) is 0 Å². The van der Waals surface area contributed by atoms with Crippen LogP contribution in [0, 0.1) is 0 Å². The largest absolute Gasteiger partial charge is 0.395 e. The van der Waals surface area contributed by atoms with Gasteiger partial charge in [0, 0.05) is 44.8 Å². The van der Waals surface area contributed by atoms with E-state index in [1.807, 2.05) is 0 Å². The van der Waals surface area contributed by atoms with E-state index >= 15 is 0 Å². The minimum absolute atomic E-state index is 0.237. The molecule has 1 saturated heterocycles. The van der Waals surface area contributed by atoms with E-state index in [1.54, 1.807) is 0 Å². The Hall–Kier alpha value is -0.160. The zero-order valence-corrected chi connectivity index (χ0v) is 11.7. The molecule has 1 atom stereocenters. The van der Waals surface area contributed by atoms with E-state index in [0.29, 0.717) is 6.04 Å². The summed E-state index contributed by atoms with van der Waals surface area (Å²) < 4.78 is 0. The van der Waals surface area contributed by atoms with Crippen LogP contribution < -0.4 is 5.32 Å². The van der Waals surface area contributed by atoms with Gasteiger partial charge in [0.1, 0.15) is 0 Å². The summed E-state index contributed by atoms with van der Waals surface area (Å²) in [7, 11) is 0. The molecule has 0 radical (unpaired) electrons. The maximum Gasteiger partial charge on any atom is 0.0597 e. The van der Waals surface area contributed by atoms with Crippen LogP contribution in [0.25, 0.3) is 0 Å². The summed E-state index contributed by atoms with van der Waals surface area (Å²) in [5.41, 5.74) is 0.